The van der Waals surface area contributed by atoms with Gasteiger partial charge in [-0.2, -0.15) is 0 Å². The lowest BCUT2D eigenvalue weighted by atomic mass is 9.68. The molecular weight excluding hydrogens is 200 g/mol. The van der Waals surface area contributed by atoms with E-state index >= 15 is 0 Å². The van der Waals surface area contributed by atoms with Crippen molar-refractivity contribution in [2.24, 2.45) is 0 Å². The van der Waals surface area contributed by atoms with Gasteiger partial charge in [0, 0.05) is 6.42 Å². The number of aryl methyl sites for hydroxylation is 1. The van der Waals surface area contributed by atoms with Crippen LogP contribution in [-0.4, -0.2) is 10.9 Å². The summed E-state index contributed by atoms with van der Waals surface area (Å²) in [7, 11) is 0. The topological polar surface area (TPSA) is 37.3 Å². The predicted octanol–water partition coefficient (Wildman–Crippen LogP) is 2.72. The molecule has 2 nitrogen and oxygen atoms in total. The number of benzene rings is 1. The van der Waals surface area contributed by atoms with Crippen molar-refractivity contribution in [2.45, 2.75) is 43.9 Å². The zero-order valence-corrected chi connectivity index (χ0v) is 9.33. The lowest BCUT2D eigenvalue weighted by Crippen LogP contribution is -2.37. The van der Waals surface area contributed by atoms with Crippen molar-refractivity contribution in [1.29, 1.82) is 0 Å². The largest absolute Gasteiger partial charge is 0.508 e. The SMILES string of the molecule is O=C1CCc2cc(O)ccc2C12CCCC2. The zero-order chi connectivity index (χ0) is 11.2. The minimum Gasteiger partial charge on any atom is -0.508 e. The highest BCUT2D eigenvalue weighted by Crippen LogP contribution is 2.47. The van der Waals surface area contributed by atoms with Gasteiger partial charge >= 0.3 is 0 Å². The average molecular weight is 216 g/mol. The summed E-state index contributed by atoms with van der Waals surface area (Å²) >= 11 is 0. The fourth-order valence-electron chi connectivity index (χ4n) is 3.42. The molecule has 1 aromatic carbocycles. The molecule has 1 saturated carbocycles. The van der Waals surface area contributed by atoms with E-state index in [1.165, 1.54) is 11.1 Å². The molecule has 1 N–H and O–H groups in total. The summed E-state index contributed by atoms with van der Waals surface area (Å²) in [5, 5.41) is 9.50. The number of phenolic OH excluding ortho intramolecular Hbond substituents is 1. The molecule has 1 aromatic rings. The highest BCUT2D eigenvalue weighted by molar-refractivity contribution is 5.92. The van der Waals surface area contributed by atoms with Crippen molar-refractivity contribution in [2.75, 3.05) is 0 Å². The second-order valence-electron chi connectivity index (χ2n) is 5.05. The second kappa shape index (κ2) is 3.34. The summed E-state index contributed by atoms with van der Waals surface area (Å²) in [5.41, 5.74) is 2.18. The lowest BCUT2D eigenvalue weighted by Gasteiger charge is -2.34. The Morgan fingerprint density at radius 1 is 1.12 bits per heavy atom. The average Bonchev–Trinajstić information content (AvgIpc) is 2.74. The Morgan fingerprint density at radius 2 is 1.88 bits per heavy atom. The Morgan fingerprint density at radius 3 is 2.62 bits per heavy atom. The van der Waals surface area contributed by atoms with Crippen molar-refractivity contribution in [1.82, 2.24) is 0 Å². The van der Waals surface area contributed by atoms with Crippen LogP contribution >= 0.6 is 0 Å². The van der Waals surface area contributed by atoms with Gasteiger partial charge in [-0.05, 0) is 42.5 Å². The molecule has 0 unspecified atom stereocenters. The number of hydrogen-bond acceptors (Lipinski definition) is 2. The van der Waals surface area contributed by atoms with Crippen molar-refractivity contribution in [3.8, 4) is 5.75 Å². The number of fused-ring (bicyclic) bond motifs is 2. The van der Waals surface area contributed by atoms with Crippen molar-refractivity contribution < 1.29 is 9.90 Å². The Hall–Kier alpha value is -1.31. The van der Waals surface area contributed by atoms with E-state index in [2.05, 4.69) is 0 Å². The van der Waals surface area contributed by atoms with E-state index in [0.717, 1.165) is 32.1 Å². The van der Waals surface area contributed by atoms with Gasteiger partial charge in [0.25, 0.3) is 0 Å². The molecule has 0 atom stereocenters. The van der Waals surface area contributed by atoms with E-state index in [1.54, 1.807) is 6.07 Å². The van der Waals surface area contributed by atoms with Gasteiger partial charge < -0.3 is 5.11 Å². The molecule has 3 rings (SSSR count). The smallest absolute Gasteiger partial charge is 0.143 e. The Labute approximate surface area is 95.3 Å². The van der Waals surface area contributed by atoms with Crippen molar-refractivity contribution >= 4 is 5.78 Å². The van der Waals surface area contributed by atoms with Gasteiger partial charge in [0.1, 0.15) is 11.5 Å². The number of Topliss-reactive ketones (excluding diaryl/α,β-unsaturated/α-hetero) is 1. The summed E-state index contributed by atoms with van der Waals surface area (Å²) in [5.74, 6) is 0.740. The van der Waals surface area contributed by atoms with Crippen LogP contribution in [0.15, 0.2) is 18.2 Å². The van der Waals surface area contributed by atoms with E-state index in [9.17, 15) is 9.90 Å². The third kappa shape index (κ3) is 1.22. The number of ketones is 1. The van der Waals surface area contributed by atoms with Gasteiger partial charge in [0.2, 0.25) is 0 Å². The molecule has 1 spiro atoms. The molecule has 1 fully saturated rings. The second-order valence-corrected chi connectivity index (χ2v) is 5.05. The first-order chi connectivity index (χ1) is 7.72. The molecule has 16 heavy (non-hydrogen) atoms. The van der Waals surface area contributed by atoms with Crippen LogP contribution in [0, 0.1) is 0 Å². The Balaban J connectivity index is 2.16. The Bertz CT molecular complexity index is 442. The predicted molar refractivity (Wildman–Crippen MR) is 61.6 cm³/mol. The standard InChI is InChI=1S/C14H16O2/c15-11-4-5-12-10(9-11)3-6-13(16)14(12)7-1-2-8-14/h4-5,9,15H,1-3,6-8H2. The molecule has 2 heteroatoms. The normalized spacial score (nSPS) is 22.4. The Kier molecular flexibility index (Phi) is 2.06. The fraction of sp³-hybridized carbons (Fsp3) is 0.500. The molecule has 84 valence electrons. The number of carbonyl (C=O) groups is 1. The molecule has 0 heterocycles. The minimum atomic E-state index is -0.193. The van der Waals surface area contributed by atoms with Gasteiger partial charge in [-0.3, -0.25) is 4.79 Å². The number of aromatic hydroxyl groups is 1. The molecule has 0 saturated heterocycles. The number of carbonyl (C=O) groups excluding carboxylic acids is 1. The molecule has 2 aliphatic rings. The van der Waals surface area contributed by atoms with Gasteiger partial charge in [0.05, 0.1) is 5.41 Å². The van der Waals surface area contributed by atoms with E-state index in [1.807, 2.05) is 12.1 Å². The summed E-state index contributed by atoms with van der Waals surface area (Å²) in [6.07, 6.45) is 5.77. The maximum atomic E-state index is 12.2. The van der Waals surface area contributed by atoms with Crippen LogP contribution < -0.4 is 0 Å². The van der Waals surface area contributed by atoms with E-state index in [-0.39, 0.29) is 5.41 Å². The van der Waals surface area contributed by atoms with Crippen molar-refractivity contribution in [3.05, 3.63) is 29.3 Å². The molecule has 0 radical (unpaired) electrons. The number of hydrogen-bond donors (Lipinski definition) is 1. The van der Waals surface area contributed by atoms with Crippen LogP contribution in [0.25, 0.3) is 0 Å². The maximum Gasteiger partial charge on any atom is 0.143 e. The molecular formula is C14H16O2. The molecule has 0 amide bonds. The first kappa shape index (κ1) is 9.88. The van der Waals surface area contributed by atoms with Crippen LogP contribution in [0.5, 0.6) is 5.75 Å². The summed E-state index contributed by atoms with van der Waals surface area (Å²) in [6, 6.07) is 5.52. The maximum absolute atomic E-state index is 12.2. The quantitative estimate of drug-likeness (QED) is 0.724. The fourth-order valence-corrected chi connectivity index (χ4v) is 3.42. The summed E-state index contributed by atoms with van der Waals surface area (Å²) in [4.78, 5) is 12.2. The molecule has 2 aliphatic carbocycles. The number of rotatable bonds is 0. The van der Waals surface area contributed by atoms with E-state index < -0.39 is 0 Å². The van der Waals surface area contributed by atoms with Crippen LogP contribution in [-0.2, 0) is 16.6 Å². The summed E-state index contributed by atoms with van der Waals surface area (Å²) in [6.45, 7) is 0. The van der Waals surface area contributed by atoms with E-state index in [0.29, 0.717) is 18.0 Å². The first-order valence-electron chi connectivity index (χ1n) is 6.08. The highest BCUT2D eigenvalue weighted by Gasteiger charge is 2.45. The van der Waals surface area contributed by atoms with Gasteiger partial charge in [-0.15, -0.1) is 0 Å². The third-order valence-electron chi connectivity index (χ3n) is 4.22. The third-order valence-corrected chi connectivity index (χ3v) is 4.22. The molecule has 0 aromatic heterocycles. The van der Waals surface area contributed by atoms with Gasteiger partial charge in [0.15, 0.2) is 0 Å². The highest BCUT2D eigenvalue weighted by atomic mass is 16.3. The monoisotopic (exact) mass is 216 g/mol. The van der Waals surface area contributed by atoms with Crippen LogP contribution in [0.3, 0.4) is 0 Å². The van der Waals surface area contributed by atoms with E-state index in [4.69, 9.17) is 0 Å². The zero-order valence-electron chi connectivity index (χ0n) is 9.33. The minimum absolute atomic E-state index is 0.193. The molecule has 0 bridgehead atoms. The first-order valence-corrected chi connectivity index (χ1v) is 6.08. The van der Waals surface area contributed by atoms with Gasteiger partial charge in [-0.25, -0.2) is 0 Å². The van der Waals surface area contributed by atoms with Crippen LogP contribution in [0.4, 0.5) is 0 Å². The van der Waals surface area contributed by atoms with Gasteiger partial charge in [-0.1, -0.05) is 18.9 Å². The van der Waals surface area contributed by atoms with Crippen LogP contribution in [0.2, 0.25) is 0 Å². The summed E-state index contributed by atoms with van der Waals surface area (Å²) < 4.78 is 0. The lowest BCUT2D eigenvalue weighted by molar-refractivity contribution is -0.125. The molecule has 0 aliphatic heterocycles. The van der Waals surface area contributed by atoms with Crippen molar-refractivity contribution in [3.63, 3.8) is 0 Å². The number of phenols is 1. The van der Waals surface area contributed by atoms with Crippen LogP contribution in [0.1, 0.15) is 43.2 Å².